The summed E-state index contributed by atoms with van der Waals surface area (Å²) in [5.74, 6) is -0.935. The minimum Gasteiger partial charge on any atom is -0.462 e. The number of ether oxygens (including phenoxy) is 3. The Morgan fingerprint density at radius 2 is 0.527 bits per heavy atom. The second-order valence-electron chi connectivity index (χ2n) is 20.6. The second kappa shape index (κ2) is 61.9. The molecule has 0 saturated carbocycles. The number of carbonyl (C=O) groups excluding carboxylic acids is 3. The maximum absolute atomic E-state index is 12.8. The molecule has 424 valence electrons. The zero-order chi connectivity index (χ0) is 53.6. The Hall–Kier alpha value is -3.67. The van der Waals surface area contributed by atoms with E-state index in [9.17, 15) is 14.4 Å². The van der Waals surface area contributed by atoms with E-state index in [1.54, 1.807) is 0 Å². The van der Waals surface area contributed by atoms with Gasteiger partial charge in [-0.3, -0.25) is 14.4 Å². The highest BCUT2D eigenvalue weighted by atomic mass is 16.6. The molecule has 1 atom stereocenters. The maximum Gasteiger partial charge on any atom is 0.306 e. The van der Waals surface area contributed by atoms with Crippen molar-refractivity contribution in [3.8, 4) is 0 Å². The molecule has 0 fully saturated rings. The maximum atomic E-state index is 12.8. The van der Waals surface area contributed by atoms with Gasteiger partial charge in [-0.1, -0.05) is 272 Å². The molecule has 0 aromatic rings. The average molecular weight is 1030 g/mol. The first-order valence-electron chi connectivity index (χ1n) is 31.2. The lowest BCUT2D eigenvalue weighted by Gasteiger charge is -2.18. The largest absolute Gasteiger partial charge is 0.462 e. The van der Waals surface area contributed by atoms with Crippen molar-refractivity contribution in [2.45, 2.75) is 303 Å². The van der Waals surface area contributed by atoms with E-state index >= 15 is 0 Å². The van der Waals surface area contributed by atoms with Crippen molar-refractivity contribution >= 4 is 17.9 Å². The Labute approximate surface area is 457 Å². The third-order valence-electron chi connectivity index (χ3n) is 13.3. The van der Waals surface area contributed by atoms with Crippen LogP contribution in [0.5, 0.6) is 0 Å². The first-order valence-corrected chi connectivity index (χ1v) is 31.2. The van der Waals surface area contributed by atoms with Gasteiger partial charge in [0.1, 0.15) is 13.2 Å². The molecule has 6 nitrogen and oxygen atoms in total. The molecule has 0 spiro atoms. The Morgan fingerprint density at radius 3 is 0.851 bits per heavy atom. The molecular weight excluding hydrogens is 913 g/mol. The monoisotopic (exact) mass is 1030 g/mol. The van der Waals surface area contributed by atoms with Crippen LogP contribution in [0.2, 0.25) is 0 Å². The summed E-state index contributed by atoms with van der Waals surface area (Å²) in [4.78, 5) is 38.1. The summed E-state index contributed by atoms with van der Waals surface area (Å²) < 4.78 is 16.8. The summed E-state index contributed by atoms with van der Waals surface area (Å²) in [6.45, 7) is 6.47. The molecule has 74 heavy (non-hydrogen) atoms. The van der Waals surface area contributed by atoms with Crippen LogP contribution >= 0.6 is 0 Å². The van der Waals surface area contributed by atoms with Gasteiger partial charge >= 0.3 is 17.9 Å². The van der Waals surface area contributed by atoms with Crippen molar-refractivity contribution in [2.75, 3.05) is 13.2 Å². The van der Waals surface area contributed by atoms with Crippen molar-refractivity contribution in [3.63, 3.8) is 0 Å². The molecule has 0 N–H and O–H groups in total. The van der Waals surface area contributed by atoms with E-state index in [-0.39, 0.29) is 37.5 Å². The minimum atomic E-state index is -0.799. The highest BCUT2D eigenvalue weighted by Crippen LogP contribution is 2.16. The first kappa shape index (κ1) is 70.3. The van der Waals surface area contributed by atoms with Crippen molar-refractivity contribution < 1.29 is 28.6 Å². The van der Waals surface area contributed by atoms with Crippen molar-refractivity contribution in [1.29, 1.82) is 0 Å². The van der Waals surface area contributed by atoms with Crippen LogP contribution in [0.15, 0.2) is 97.2 Å². The third-order valence-corrected chi connectivity index (χ3v) is 13.3. The van der Waals surface area contributed by atoms with Crippen molar-refractivity contribution in [1.82, 2.24) is 0 Å². The number of esters is 3. The van der Waals surface area contributed by atoms with E-state index < -0.39 is 6.10 Å². The Bertz CT molecular complexity index is 1460. The van der Waals surface area contributed by atoms with Gasteiger partial charge in [0.05, 0.1) is 0 Å². The lowest BCUT2D eigenvalue weighted by Crippen LogP contribution is -2.30. The fourth-order valence-corrected chi connectivity index (χ4v) is 8.65. The number of carbonyl (C=O) groups is 3. The molecule has 0 aliphatic carbocycles. The number of rotatable bonds is 56. The Morgan fingerprint density at radius 1 is 0.284 bits per heavy atom. The van der Waals surface area contributed by atoms with Crippen LogP contribution in [0.4, 0.5) is 0 Å². The van der Waals surface area contributed by atoms with Gasteiger partial charge < -0.3 is 14.2 Å². The number of allylic oxidation sites excluding steroid dienone is 16. The molecule has 0 radical (unpaired) electrons. The molecule has 1 unspecified atom stereocenters. The fourth-order valence-electron chi connectivity index (χ4n) is 8.65. The fraction of sp³-hybridized carbons (Fsp3) is 0.721. The van der Waals surface area contributed by atoms with Gasteiger partial charge in [-0.05, 0) is 103 Å². The second-order valence-corrected chi connectivity index (χ2v) is 20.6. The Balaban J connectivity index is 4.23. The zero-order valence-electron chi connectivity index (χ0n) is 48.6. The summed E-state index contributed by atoms with van der Waals surface area (Å²) in [6.07, 6.45) is 82.9. The van der Waals surface area contributed by atoms with Gasteiger partial charge in [0.2, 0.25) is 0 Å². The number of unbranched alkanes of at least 4 members (excludes halogenated alkanes) is 29. The molecule has 0 aromatic carbocycles. The van der Waals surface area contributed by atoms with Gasteiger partial charge in [-0.2, -0.15) is 0 Å². The number of hydrogen-bond acceptors (Lipinski definition) is 6. The van der Waals surface area contributed by atoms with Gasteiger partial charge in [0.25, 0.3) is 0 Å². The molecule has 0 aromatic heterocycles. The third kappa shape index (κ3) is 59.2. The summed E-state index contributed by atoms with van der Waals surface area (Å²) >= 11 is 0. The molecule has 6 heteroatoms. The quantitative estimate of drug-likeness (QED) is 0.0261. The lowest BCUT2D eigenvalue weighted by molar-refractivity contribution is -0.167. The first-order chi connectivity index (χ1) is 36.5. The standard InChI is InChI=1S/C68H116O6/c1-4-7-10-13-16-19-21-23-25-27-29-31-32-33-34-35-36-38-39-41-43-45-47-49-52-55-58-61-67(70)73-64-65(63-72-66(69)60-57-54-51-18-15-12-9-6-3)74-68(71)62-59-56-53-50-48-46-44-42-40-37-30-28-26-24-22-20-17-14-11-8-5-2/h8,11,17,20-21,23-24,26-27,29-30,37,42,44,48,50,65H,4-7,9-10,12-16,18-19,22,25,28,31-36,38-41,43,45-47,49,51-64H2,1-3H3/b11-8-,20-17-,23-21-,26-24-,29-27-,37-30-,44-42-,50-48-. The van der Waals surface area contributed by atoms with Crippen LogP contribution < -0.4 is 0 Å². The van der Waals surface area contributed by atoms with Crippen LogP contribution in [0.1, 0.15) is 297 Å². The van der Waals surface area contributed by atoms with Crippen LogP contribution in [0.25, 0.3) is 0 Å². The van der Waals surface area contributed by atoms with E-state index in [0.717, 1.165) is 96.3 Å². The van der Waals surface area contributed by atoms with Crippen LogP contribution in [0.3, 0.4) is 0 Å². The minimum absolute atomic E-state index is 0.0935. The van der Waals surface area contributed by atoms with E-state index in [4.69, 9.17) is 14.2 Å². The summed E-state index contributed by atoms with van der Waals surface area (Å²) in [5.41, 5.74) is 0. The molecule has 0 aliphatic rings. The molecular formula is C68H116O6. The number of hydrogen-bond donors (Lipinski definition) is 0. The zero-order valence-corrected chi connectivity index (χ0v) is 48.6. The lowest BCUT2D eigenvalue weighted by atomic mass is 10.0. The van der Waals surface area contributed by atoms with Crippen molar-refractivity contribution in [3.05, 3.63) is 97.2 Å². The van der Waals surface area contributed by atoms with E-state index in [0.29, 0.717) is 19.3 Å². The topological polar surface area (TPSA) is 78.9 Å². The molecule has 0 bridgehead atoms. The van der Waals surface area contributed by atoms with Crippen LogP contribution in [-0.2, 0) is 28.6 Å². The molecule has 0 rings (SSSR count). The van der Waals surface area contributed by atoms with Crippen LogP contribution in [0, 0.1) is 0 Å². The molecule has 0 amide bonds. The van der Waals surface area contributed by atoms with Crippen LogP contribution in [-0.4, -0.2) is 37.2 Å². The summed E-state index contributed by atoms with van der Waals surface area (Å²) in [7, 11) is 0. The van der Waals surface area contributed by atoms with E-state index in [1.807, 2.05) is 0 Å². The van der Waals surface area contributed by atoms with Gasteiger partial charge in [0, 0.05) is 19.3 Å². The SMILES string of the molecule is CC/C=C\C/C=C\C/C=C\C/C=C\C/C=C\C/C=C\CCCCC(=O)OC(COC(=O)CCCCCCCCCC)COC(=O)CCCCCCCCCCCCCCCCC/C=C\C/C=C\CCCCCCC. The predicted octanol–water partition coefficient (Wildman–Crippen LogP) is 21.3. The summed E-state index contributed by atoms with van der Waals surface area (Å²) in [6, 6.07) is 0. The Kier molecular flexibility index (Phi) is 58.8. The highest BCUT2D eigenvalue weighted by Gasteiger charge is 2.19. The molecule has 0 saturated heterocycles. The summed E-state index contributed by atoms with van der Waals surface area (Å²) in [5, 5.41) is 0. The van der Waals surface area contributed by atoms with Gasteiger partial charge in [-0.25, -0.2) is 0 Å². The highest BCUT2D eigenvalue weighted by molar-refractivity contribution is 5.71. The van der Waals surface area contributed by atoms with E-state index in [2.05, 4.69) is 118 Å². The van der Waals surface area contributed by atoms with Crippen molar-refractivity contribution in [2.24, 2.45) is 0 Å². The predicted molar refractivity (Wildman–Crippen MR) is 320 cm³/mol. The average Bonchev–Trinajstić information content (AvgIpc) is 3.40. The van der Waals surface area contributed by atoms with E-state index in [1.165, 1.54) is 154 Å². The van der Waals surface area contributed by atoms with Gasteiger partial charge in [-0.15, -0.1) is 0 Å². The smallest absolute Gasteiger partial charge is 0.306 e. The molecule has 0 heterocycles. The molecule has 0 aliphatic heterocycles. The normalized spacial score (nSPS) is 12.7. The van der Waals surface area contributed by atoms with Gasteiger partial charge in [0.15, 0.2) is 6.10 Å².